The molecule has 0 radical (unpaired) electrons. The van der Waals surface area contributed by atoms with Gasteiger partial charge in [0.1, 0.15) is 23.0 Å². The number of halogens is 3. The van der Waals surface area contributed by atoms with Gasteiger partial charge in [0.25, 0.3) is 6.43 Å². The molecule has 0 amide bonds. The lowest BCUT2D eigenvalue weighted by Gasteiger charge is -2.32. The van der Waals surface area contributed by atoms with Crippen LogP contribution in [0.1, 0.15) is 25.6 Å². The molecule has 0 spiro atoms. The number of aryl methyl sites for hydroxylation is 1. The highest BCUT2D eigenvalue weighted by Gasteiger charge is 2.22. The number of hydrogen-bond donors (Lipinski definition) is 2. The van der Waals surface area contributed by atoms with Gasteiger partial charge in [0, 0.05) is 44.5 Å². The molecule has 4 aromatic rings. The van der Waals surface area contributed by atoms with Crippen molar-refractivity contribution < 1.29 is 13.2 Å². The normalized spacial score (nSPS) is 16.3. The van der Waals surface area contributed by atoms with Gasteiger partial charge in [-0.05, 0) is 44.9 Å². The van der Waals surface area contributed by atoms with Gasteiger partial charge in [-0.15, -0.1) is 5.10 Å². The van der Waals surface area contributed by atoms with E-state index in [2.05, 4.69) is 30.6 Å². The second kappa shape index (κ2) is 9.92. The molecule has 0 aromatic carbocycles. The smallest absolute Gasteiger partial charge is 0.256 e. The summed E-state index contributed by atoms with van der Waals surface area (Å²) < 4.78 is 42.8. The lowest BCUT2D eigenvalue weighted by atomic mass is 10.1. The molecule has 36 heavy (non-hydrogen) atoms. The van der Waals surface area contributed by atoms with E-state index in [1.807, 2.05) is 18.3 Å². The van der Waals surface area contributed by atoms with Crippen molar-refractivity contribution >= 4 is 28.4 Å². The Morgan fingerprint density at radius 3 is 2.53 bits per heavy atom. The van der Waals surface area contributed by atoms with Crippen molar-refractivity contribution in [3.8, 4) is 11.3 Å². The lowest BCUT2D eigenvalue weighted by molar-refractivity contribution is 0.127. The van der Waals surface area contributed by atoms with Gasteiger partial charge >= 0.3 is 0 Å². The van der Waals surface area contributed by atoms with Crippen LogP contribution in [0.3, 0.4) is 0 Å². The first kappa shape index (κ1) is 24.3. The van der Waals surface area contributed by atoms with Gasteiger partial charge in [0.05, 0.1) is 12.2 Å². The minimum Gasteiger partial charge on any atom is -0.371 e. The average Bonchev–Trinajstić information content (AvgIpc) is 3.40. The number of anilines is 2. The summed E-state index contributed by atoms with van der Waals surface area (Å²) >= 11 is 0. The Kier molecular flexibility index (Phi) is 6.69. The molecule has 1 fully saturated rings. The quantitative estimate of drug-likeness (QED) is 0.378. The highest BCUT2D eigenvalue weighted by molar-refractivity contribution is 5.89. The van der Waals surface area contributed by atoms with E-state index in [9.17, 15) is 13.2 Å². The Morgan fingerprint density at radius 1 is 1.06 bits per heavy atom. The Hall–Kier alpha value is -3.41. The number of fused-ring (bicyclic) bond motifs is 2. The van der Waals surface area contributed by atoms with Crippen LogP contribution in [0.25, 0.3) is 27.9 Å². The van der Waals surface area contributed by atoms with Gasteiger partial charge in [0.2, 0.25) is 5.95 Å². The van der Waals surface area contributed by atoms with Crippen molar-refractivity contribution in [3.05, 3.63) is 30.2 Å². The zero-order valence-corrected chi connectivity index (χ0v) is 20.5. The van der Waals surface area contributed by atoms with Crippen LogP contribution >= 0.6 is 0 Å². The molecule has 0 bridgehead atoms. The fraction of sp³-hybridized carbons (Fsp3) is 0.500. The maximum absolute atomic E-state index is 13.3. The van der Waals surface area contributed by atoms with E-state index >= 15 is 0 Å². The number of hydrogen-bond acceptors (Lipinski definition) is 7. The average molecular weight is 502 g/mol. The van der Waals surface area contributed by atoms with Gasteiger partial charge in [0.15, 0.2) is 11.5 Å². The molecule has 5 heterocycles. The largest absolute Gasteiger partial charge is 0.371 e. The number of imidazole rings is 1. The first-order valence-corrected chi connectivity index (χ1v) is 12.1. The third-order valence-corrected chi connectivity index (χ3v) is 6.56. The monoisotopic (exact) mass is 501 g/mol. The molecule has 1 saturated heterocycles. The molecule has 1 atom stereocenters. The van der Waals surface area contributed by atoms with Crippen LogP contribution in [0.4, 0.5) is 24.9 Å². The summed E-state index contributed by atoms with van der Waals surface area (Å²) in [5.41, 5.74) is 3.13. The van der Waals surface area contributed by atoms with Crippen LogP contribution in [-0.2, 0) is 6.54 Å². The minimum absolute atomic E-state index is 0.204. The third kappa shape index (κ3) is 4.81. The zero-order chi connectivity index (χ0) is 25.4. The molecule has 5 rings (SSSR count). The van der Waals surface area contributed by atoms with Gasteiger partial charge < -0.3 is 20.1 Å². The van der Waals surface area contributed by atoms with Crippen molar-refractivity contribution in [1.82, 2.24) is 34.0 Å². The van der Waals surface area contributed by atoms with E-state index in [-0.39, 0.29) is 6.04 Å². The van der Waals surface area contributed by atoms with Crippen LogP contribution in [0, 0.1) is 6.92 Å². The maximum atomic E-state index is 13.3. The number of nitrogens with one attached hydrogen (secondary N) is 2. The predicted octanol–water partition coefficient (Wildman–Crippen LogP) is 3.99. The molecule has 12 heteroatoms. The van der Waals surface area contributed by atoms with Crippen LogP contribution < -0.4 is 10.6 Å². The van der Waals surface area contributed by atoms with Gasteiger partial charge in [-0.1, -0.05) is 0 Å². The lowest BCUT2D eigenvalue weighted by Crippen LogP contribution is -2.41. The van der Waals surface area contributed by atoms with Crippen molar-refractivity contribution in [2.24, 2.45) is 0 Å². The molecule has 0 unspecified atom stereocenters. The molecule has 9 nitrogen and oxygen atoms in total. The number of rotatable bonds is 8. The van der Waals surface area contributed by atoms with Crippen molar-refractivity contribution in [2.75, 3.05) is 37.3 Å². The number of alkyl halides is 3. The fourth-order valence-corrected chi connectivity index (χ4v) is 4.89. The first-order chi connectivity index (χ1) is 17.3. The highest BCUT2D eigenvalue weighted by Crippen LogP contribution is 2.31. The Balaban J connectivity index is 1.43. The number of aromatic nitrogens is 6. The summed E-state index contributed by atoms with van der Waals surface area (Å²) in [6.07, 6.45) is 0.268. The molecule has 4 aromatic heterocycles. The predicted molar refractivity (Wildman–Crippen MR) is 133 cm³/mol. The molecule has 2 N–H and O–H groups in total. The van der Waals surface area contributed by atoms with Crippen LogP contribution in [0.2, 0.25) is 0 Å². The highest BCUT2D eigenvalue weighted by atomic mass is 19.3. The molecular weight excluding hydrogens is 471 g/mol. The molecule has 0 saturated carbocycles. The van der Waals surface area contributed by atoms with E-state index in [0.717, 1.165) is 37.0 Å². The number of nitrogens with zero attached hydrogens (tertiary/aromatic N) is 7. The van der Waals surface area contributed by atoms with E-state index in [0.29, 0.717) is 41.0 Å². The van der Waals surface area contributed by atoms with Gasteiger partial charge in [-0.3, -0.25) is 0 Å². The zero-order valence-electron chi connectivity index (χ0n) is 20.5. The fourth-order valence-electron chi connectivity index (χ4n) is 4.89. The SMILES string of the molecule is CNc1nc(NC2CCN(C[C@H](C)F)CC2)nn2ccc(-c3ccc4nc(C)n(CC(F)F)c4n3)c12. The van der Waals surface area contributed by atoms with Gasteiger partial charge in [-0.25, -0.2) is 27.7 Å². The van der Waals surface area contributed by atoms with Crippen molar-refractivity contribution in [3.63, 3.8) is 0 Å². The standard InChI is InChI=1S/C24H30F3N9/c1-14(25)12-34-9-6-16(7-10-34)30-24-32-22(28-3)21-17(8-11-36(21)33-24)18-4-5-19-23(31-18)35(13-20(26)27)15(2)29-19/h4-5,8,11,14,16,20H,6-7,9-10,12-13H2,1-3H3,(H2,28,30,32,33)/t14-/m0/s1. The van der Waals surface area contributed by atoms with E-state index < -0.39 is 19.1 Å². The number of likely N-dealkylation sites (tertiary alicyclic amines) is 1. The van der Waals surface area contributed by atoms with E-state index in [1.54, 1.807) is 31.5 Å². The van der Waals surface area contributed by atoms with Crippen LogP contribution in [0.5, 0.6) is 0 Å². The molecule has 1 aliphatic rings. The second-order valence-electron chi connectivity index (χ2n) is 9.26. The molecule has 1 aliphatic heterocycles. The molecular formula is C24H30F3N9. The van der Waals surface area contributed by atoms with Crippen LogP contribution in [0.15, 0.2) is 24.4 Å². The maximum Gasteiger partial charge on any atom is 0.256 e. The first-order valence-electron chi connectivity index (χ1n) is 12.1. The number of piperidine rings is 1. The Morgan fingerprint density at radius 2 is 1.83 bits per heavy atom. The van der Waals surface area contributed by atoms with Crippen LogP contribution in [-0.4, -0.2) is 79.4 Å². The molecule has 0 aliphatic carbocycles. The number of pyridine rings is 1. The summed E-state index contributed by atoms with van der Waals surface area (Å²) in [4.78, 5) is 15.9. The summed E-state index contributed by atoms with van der Waals surface area (Å²) in [6, 6.07) is 5.71. The minimum atomic E-state index is -2.50. The molecule has 192 valence electrons. The third-order valence-electron chi connectivity index (χ3n) is 6.56. The summed E-state index contributed by atoms with van der Waals surface area (Å²) in [5.74, 6) is 1.62. The van der Waals surface area contributed by atoms with E-state index in [1.165, 1.54) is 4.57 Å². The Labute approximate surface area is 206 Å². The van der Waals surface area contributed by atoms with Crippen molar-refractivity contribution in [1.29, 1.82) is 0 Å². The Bertz CT molecular complexity index is 1360. The second-order valence-corrected chi connectivity index (χ2v) is 9.26. The van der Waals surface area contributed by atoms with Gasteiger partial charge in [-0.2, -0.15) is 4.98 Å². The topological polar surface area (TPSA) is 88.2 Å². The summed E-state index contributed by atoms with van der Waals surface area (Å²) in [7, 11) is 1.79. The summed E-state index contributed by atoms with van der Waals surface area (Å²) in [6.45, 7) is 4.95. The van der Waals surface area contributed by atoms with Crippen molar-refractivity contribution in [2.45, 2.75) is 51.9 Å². The summed E-state index contributed by atoms with van der Waals surface area (Å²) in [5, 5.41) is 11.2. The van der Waals surface area contributed by atoms with E-state index in [4.69, 9.17) is 4.98 Å².